The molecule has 0 N–H and O–H groups in total. The maximum atomic E-state index is 8.88. The molecule has 0 spiro atoms. The van der Waals surface area contributed by atoms with Gasteiger partial charge in [0.05, 0.1) is 23.3 Å². The predicted molar refractivity (Wildman–Crippen MR) is 51.9 cm³/mol. The molecular formula is C11H8N3. The van der Waals surface area contributed by atoms with Crippen molar-refractivity contribution in [2.24, 2.45) is 0 Å². The van der Waals surface area contributed by atoms with E-state index >= 15 is 0 Å². The standard InChI is InChI=1S/C11H8N3/c1-9-7-14(8-13-9)11-5-3-2-4-10(11)6-12/h3-5,7-8H,1H3. The van der Waals surface area contributed by atoms with Crippen LogP contribution in [0.5, 0.6) is 0 Å². The zero-order chi connectivity index (χ0) is 9.97. The van der Waals surface area contributed by atoms with E-state index in [1.165, 1.54) is 0 Å². The molecule has 2 rings (SSSR count). The van der Waals surface area contributed by atoms with E-state index in [-0.39, 0.29) is 0 Å². The van der Waals surface area contributed by atoms with Gasteiger partial charge in [0.2, 0.25) is 0 Å². The van der Waals surface area contributed by atoms with Gasteiger partial charge < -0.3 is 4.57 Å². The van der Waals surface area contributed by atoms with Gasteiger partial charge in [-0.1, -0.05) is 6.07 Å². The first-order chi connectivity index (χ1) is 6.81. The Labute approximate surface area is 82.2 Å². The number of aromatic nitrogens is 2. The second kappa shape index (κ2) is 3.35. The van der Waals surface area contributed by atoms with Crippen LogP contribution in [0.4, 0.5) is 0 Å². The minimum Gasteiger partial charge on any atom is -0.305 e. The van der Waals surface area contributed by atoms with Gasteiger partial charge in [0.1, 0.15) is 6.07 Å². The molecule has 0 aliphatic heterocycles. The molecule has 3 heteroatoms. The summed E-state index contributed by atoms with van der Waals surface area (Å²) in [5.74, 6) is 0. The van der Waals surface area contributed by atoms with Crippen LogP contribution in [-0.2, 0) is 0 Å². The quantitative estimate of drug-likeness (QED) is 0.675. The highest BCUT2D eigenvalue weighted by Crippen LogP contribution is 2.13. The van der Waals surface area contributed by atoms with Crippen LogP contribution in [0, 0.1) is 24.3 Å². The Bertz CT molecular complexity index is 491. The molecule has 0 bridgehead atoms. The lowest BCUT2D eigenvalue weighted by Gasteiger charge is -2.02. The van der Waals surface area contributed by atoms with Crippen molar-refractivity contribution < 1.29 is 0 Å². The van der Waals surface area contributed by atoms with Crippen LogP contribution in [0.3, 0.4) is 0 Å². The summed E-state index contributed by atoms with van der Waals surface area (Å²) in [7, 11) is 0. The van der Waals surface area contributed by atoms with Gasteiger partial charge in [-0.05, 0) is 25.1 Å². The summed E-state index contributed by atoms with van der Waals surface area (Å²) in [6, 6.07) is 10.3. The van der Waals surface area contributed by atoms with Gasteiger partial charge in [0.15, 0.2) is 0 Å². The molecule has 0 fully saturated rings. The van der Waals surface area contributed by atoms with E-state index in [4.69, 9.17) is 5.26 Å². The number of hydrogen-bond donors (Lipinski definition) is 0. The van der Waals surface area contributed by atoms with E-state index < -0.39 is 0 Å². The summed E-state index contributed by atoms with van der Waals surface area (Å²) >= 11 is 0. The van der Waals surface area contributed by atoms with Crippen molar-refractivity contribution >= 4 is 0 Å². The summed E-state index contributed by atoms with van der Waals surface area (Å²) in [4.78, 5) is 4.11. The Balaban J connectivity index is 2.57. The molecule has 1 radical (unpaired) electrons. The second-order valence-corrected chi connectivity index (χ2v) is 2.98. The molecule has 0 amide bonds. The molecule has 0 aliphatic carbocycles. The van der Waals surface area contributed by atoms with Gasteiger partial charge in [-0.2, -0.15) is 5.26 Å². The molecule has 1 aromatic carbocycles. The van der Waals surface area contributed by atoms with Crippen LogP contribution in [0.2, 0.25) is 0 Å². The minimum atomic E-state index is 0.602. The lowest BCUT2D eigenvalue weighted by Crippen LogP contribution is -1.93. The van der Waals surface area contributed by atoms with E-state index in [0.717, 1.165) is 11.4 Å². The van der Waals surface area contributed by atoms with Gasteiger partial charge in [-0.3, -0.25) is 0 Å². The number of aryl methyl sites for hydroxylation is 1. The molecular weight excluding hydrogens is 174 g/mol. The fraction of sp³-hybridized carbons (Fsp3) is 0.0909. The van der Waals surface area contributed by atoms with E-state index in [2.05, 4.69) is 17.1 Å². The van der Waals surface area contributed by atoms with Crippen molar-refractivity contribution in [2.45, 2.75) is 6.92 Å². The van der Waals surface area contributed by atoms with E-state index in [9.17, 15) is 0 Å². The number of nitrogens with zero attached hydrogens (tertiary/aromatic N) is 3. The Morgan fingerprint density at radius 2 is 2.43 bits per heavy atom. The van der Waals surface area contributed by atoms with Crippen LogP contribution in [0.25, 0.3) is 5.69 Å². The number of imidazole rings is 1. The van der Waals surface area contributed by atoms with Crippen LogP contribution in [-0.4, -0.2) is 9.55 Å². The van der Waals surface area contributed by atoms with Gasteiger partial charge in [0.25, 0.3) is 0 Å². The number of nitriles is 1. The smallest absolute Gasteiger partial charge is 0.101 e. The molecule has 0 aliphatic rings. The Kier molecular flexibility index (Phi) is 2.04. The maximum absolute atomic E-state index is 8.88. The van der Waals surface area contributed by atoms with Crippen LogP contribution < -0.4 is 0 Å². The Morgan fingerprint density at radius 3 is 3.07 bits per heavy atom. The fourth-order valence-electron chi connectivity index (χ4n) is 1.29. The normalized spacial score (nSPS) is 9.71. The van der Waals surface area contributed by atoms with Crippen molar-refractivity contribution in [3.63, 3.8) is 0 Å². The zero-order valence-electron chi connectivity index (χ0n) is 7.73. The van der Waals surface area contributed by atoms with Crippen molar-refractivity contribution in [2.75, 3.05) is 0 Å². The summed E-state index contributed by atoms with van der Waals surface area (Å²) in [6.07, 6.45) is 3.58. The SMILES string of the molecule is Cc1cn(-c2cc[c]cc2C#N)cn1. The van der Waals surface area contributed by atoms with Gasteiger partial charge in [-0.25, -0.2) is 4.98 Å². The molecule has 0 unspecified atom stereocenters. The van der Waals surface area contributed by atoms with Crippen molar-refractivity contribution in [1.29, 1.82) is 5.26 Å². The Hall–Kier alpha value is -2.08. The van der Waals surface area contributed by atoms with E-state index in [1.807, 2.05) is 23.8 Å². The third kappa shape index (κ3) is 1.38. The number of benzene rings is 1. The highest BCUT2D eigenvalue weighted by atomic mass is 15.0. The topological polar surface area (TPSA) is 41.6 Å². The third-order valence-corrected chi connectivity index (χ3v) is 1.95. The van der Waals surface area contributed by atoms with Gasteiger partial charge in [0, 0.05) is 6.20 Å². The monoisotopic (exact) mass is 182 g/mol. The minimum absolute atomic E-state index is 0.602. The molecule has 0 atom stereocenters. The third-order valence-electron chi connectivity index (χ3n) is 1.95. The first-order valence-electron chi connectivity index (χ1n) is 4.22. The summed E-state index contributed by atoms with van der Waals surface area (Å²) in [6.45, 7) is 1.91. The molecule has 0 saturated heterocycles. The van der Waals surface area contributed by atoms with E-state index in [0.29, 0.717) is 5.56 Å². The molecule has 3 nitrogen and oxygen atoms in total. The molecule has 14 heavy (non-hydrogen) atoms. The Morgan fingerprint density at radius 1 is 1.57 bits per heavy atom. The maximum Gasteiger partial charge on any atom is 0.101 e. The number of hydrogen-bond acceptors (Lipinski definition) is 2. The van der Waals surface area contributed by atoms with E-state index in [1.54, 1.807) is 18.5 Å². The van der Waals surface area contributed by atoms with Gasteiger partial charge in [-0.15, -0.1) is 0 Å². The molecule has 1 aromatic heterocycles. The molecule has 67 valence electrons. The van der Waals surface area contributed by atoms with Crippen LogP contribution in [0.15, 0.2) is 30.7 Å². The van der Waals surface area contributed by atoms with Gasteiger partial charge >= 0.3 is 0 Å². The average Bonchev–Trinajstić information content (AvgIpc) is 2.65. The predicted octanol–water partition coefficient (Wildman–Crippen LogP) is 1.85. The van der Waals surface area contributed by atoms with Crippen molar-refractivity contribution in [3.05, 3.63) is 48.0 Å². The molecule has 1 heterocycles. The average molecular weight is 182 g/mol. The lowest BCUT2D eigenvalue weighted by molar-refractivity contribution is 1.05. The number of rotatable bonds is 1. The van der Waals surface area contributed by atoms with Crippen LogP contribution >= 0.6 is 0 Å². The second-order valence-electron chi connectivity index (χ2n) is 2.98. The lowest BCUT2D eigenvalue weighted by atomic mass is 10.2. The first kappa shape index (κ1) is 8.52. The summed E-state index contributed by atoms with van der Waals surface area (Å²) in [5, 5.41) is 8.88. The highest BCUT2D eigenvalue weighted by Gasteiger charge is 2.02. The zero-order valence-corrected chi connectivity index (χ0v) is 7.73. The fourth-order valence-corrected chi connectivity index (χ4v) is 1.29. The van der Waals surface area contributed by atoms with Crippen molar-refractivity contribution in [3.8, 4) is 11.8 Å². The molecule has 0 saturated carbocycles. The molecule has 2 aromatic rings. The van der Waals surface area contributed by atoms with Crippen molar-refractivity contribution in [1.82, 2.24) is 9.55 Å². The largest absolute Gasteiger partial charge is 0.305 e. The first-order valence-corrected chi connectivity index (χ1v) is 4.22. The summed E-state index contributed by atoms with van der Waals surface area (Å²) < 4.78 is 1.84. The summed E-state index contributed by atoms with van der Waals surface area (Å²) in [5.41, 5.74) is 2.37. The highest BCUT2D eigenvalue weighted by molar-refractivity contribution is 5.48. The van der Waals surface area contributed by atoms with Crippen LogP contribution in [0.1, 0.15) is 11.3 Å².